The highest BCUT2D eigenvalue weighted by Crippen LogP contribution is 2.54. The molecule has 0 heterocycles. The summed E-state index contributed by atoms with van der Waals surface area (Å²) in [5.74, 6) is 1.57. The standard InChI is InChI=1S/C44H38O4.CH4/c1-43(39-15-7-3-11-35(39)36-12-4-8-16-40(36)43)31-19-23-33(24-20-31)48-34-25-21-32(22-26-34)44(47-30-29-46-28-27-45-2)41-17-9-5-13-37(41)38-14-6-10-18-42(38)44;/h3-26H,27-30H2,1-2H3;1H4. The van der Waals surface area contributed by atoms with Crippen LogP contribution >= 0.6 is 0 Å². The summed E-state index contributed by atoms with van der Waals surface area (Å²) < 4.78 is 24.2. The van der Waals surface area contributed by atoms with Crippen LogP contribution in [0.2, 0.25) is 0 Å². The first-order valence-corrected chi connectivity index (χ1v) is 16.6. The number of ether oxygens (including phenoxy) is 4. The van der Waals surface area contributed by atoms with E-state index in [-0.39, 0.29) is 12.8 Å². The van der Waals surface area contributed by atoms with Gasteiger partial charge < -0.3 is 18.9 Å². The summed E-state index contributed by atoms with van der Waals surface area (Å²) in [5.41, 5.74) is 11.2. The van der Waals surface area contributed by atoms with Gasteiger partial charge in [-0.15, -0.1) is 0 Å². The van der Waals surface area contributed by atoms with E-state index < -0.39 is 5.60 Å². The molecule has 0 amide bonds. The van der Waals surface area contributed by atoms with Crippen LogP contribution in [0.1, 0.15) is 47.7 Å². The SMILES string of the molecule is C.COCCOCCOC1(c2ccc(Oc3ccc(C4(C)c5ccccc5-c5ccccc54)cc3)cc2)c2ccccc2-c2ccccc21. The summed E-state index contributed by atoms with van der Waals surface area (Å²) in [4.78, 5) is 0. The normalized spacial score (nSPS) is 14.2. The first kappa shape index (κ1) is 32.5. The number of methoxy groups -OCH3 is 1. The van der Waals surface area contributed by atoms with E-state index in [9.17, 15) is 0 Å². The second kappa shape index (κ2) is 13.5. The van der Waals surface area contributed by atoms with Crippen LogP contribution in [-0.2, 0) is 25.2 Å². The molecule has 4 nitrogen and oxygen atoms in total. The molecule has 0 aliphatic heterocycles. The van der Waals surface area contributed by atoms with Crippen molar-refractivity contribution in [2.45, 2.75) is 25.4 Å². The Morgan fingerprint density at radius 1 is 0.449 bits per heavy atom. The van der Waals surface area contributed by atoms with E-state index in [0.717, 1.165) is 28.2 Å². The maximum atomic E-state index is 6.88. The van der Waals surface area contributed by atoms with Gasteiger partial charge in [0.25, 0.3) is 0 Å². The molecule has 0 atom stereocenters. The van der Waals surface area contributed by atoms with Crippen molar-refractivity contribution in [3.05, 3.63) is 179 Å². The summed E-state index contributed by atoms with van der Waals surface area (Å²) in [6.45, 7) is 4.33. The molecule has 4 heteroatoms. The van der Waals surface area contributed by atoms with Gasteiger partial charge in [-0.1, -0.05) is 129 Å². The fourth-order valence-corrected chi connectivity index (χ4v) is 7.76. The highest BCUT2D eigenvalue weighted by Gasteiger charge is 2.46. The lowest BCUT2D eigenvalue weighted by molar-refractivity contribution is -0.0285. The van der Waals surface area contributed by atoms with Crippen molar-refractivity contribution in [2.75, 3.05) is 33.5 Å². The van der Waals surface area contributed by atoms with E-state index in [0.29, 0.717) is 26.4 Å². The predicted octanol–water partition coefficient (Wildman–Crippen LogP) is 10.4. The first-order chi connectivity index (χ1) is 23.6. The second-order valence-corrected chi connectivity index (χ2v) is 12.6. The molecular weight excluding hydrogens is 604 g/mol. The molecular formula is C45H42O4. The quantitative estimate of drug-likeness (QED) is 0.131. The predicted molar refractivity (Wildman–Crippen MR) is 198 cm³/mol. The molecule has 6 aromatic carbocycles. The molecule has 6 aromatic rings. The number of fused-ring (bicyclic) bond motifs is 6. The lowest BCUT2D eigenvalue weighted by atomic mass is 9.74. The van der Waals surface area contributed by atoms with Gasteiger partial charge in [-0.3, -0.25) is 0 Å². The van der Waals surface area contributed by atoms with Gasteiger partial charge in [0.2, 0.25) is 0 Å². The first-order valence-electron chi connectivity index (χ1n) is 16.6. The monoisotopic (exact) mass is 646 g/mol. The Morgan fingerprint density at radius 2 is 0.857 bits per heavy atom. The summed E-state index contributed by atoms with van der Waals surface area (Å²) in [5, 5.41) is 0. The lowest BCUT2D eigenvalue weighted by Gasteiger charge is -2.33. The molecule has 0 aromatic heterocycles. The summed E-state index contributed by atoms with van der Waals surface area (Å²) in [6, 6.07) is 51.5. The molecule has 0 bridgehead atoms. The highest BCUT2D eigenvalue weighted by atomic mass is 16.5. The molecule has 0 unspecified atom stereocenters. The molecule has 0 spiro atoms. The van der Waals surface area contributed by atoms with E-state index in [2.05, 4.69) is 140 Å². The third-order valence-corrected chi connectivity index (χ3v) is 10.0. The van der Waals surface area contributed by atoms with Gasteiger partial charge in [-0.05, 0) is 75.7 Å². The molecule has 2 aliphatic rings. The Hall–Kier alpha value is -5.00. The molecule has 0 saturated carbocycles. The highest BCUT2D eigenvalue weighted by molar-refractivity contribution is 5.84. The zero-order valence-electron chi connectivity index (χ0n) is 27.3. The van der Waals surface area contributed by atoms with Crippen LogP contribution in [0.15, 0.2) is 146 Å². The van der Waals surface area contributed by atoms with Crippen molar-refractivity contribution in [1.29, 1.82) is 0 Å². The van der Waals surface area contributed by atoms with Gasteiger partial charge in [0, 0.05) is 23.7 Å². The van der Waals surface area contributed by atoms with E-state index in [1.54, 1.807) is 7.11 Å². The largest absolute Gasteiger partial charge is 0.457 e. The minimum atomic E-state index is -0.763. The Kier molecular flexibility index (Phi) is 8.96. The van der Waals surface area contributed by atoms with E-state index in [1.807, 2.05) is 12.1 Å². The van der Waals surface area contributed by atoms with E-state index >= 15 is 0 Å². The van der Waals surface area contributed by atoms with Crippen LogP contribution in [0.4, 0.5) is 0 Å². The zero-order chi connectivity index (χ0) is 32.6. The van der Waals surface area contributed by atoms with Crippen molar-refractivity contribution < 1.29 is 18.9 Å². The van der Waals surface area contributed by atoms with Crippen LogP contribution < -0.4 is 4.74 Å². The Morgan fingerprint density at radius 3 is 1.35 bits per heavy atom. The van der Waals surface area contributed by atoms with Gasteiger partial charge in [-0.25, -0.2) is 0 Å². The number of hydrogen-bond acceptors (Lipinski definition) is 4. The average Bonchev–Trinajstić information content (AvgIpc) is 3.58. The van der Waals surface area contributed by atoms with Crippen molar-refractivity contribution in [3.63, 3.8) is 0 Å². The van der Waals surface area contributed by atoms with Crippen molar-refractivity contribution in [2.24, 2.45) is 0 Å². The molecule has 0 radical (unpaired) electrons. The number of rotatable bonds is 11. The molecule has 0 fully saturated rings. The van der Waals surface area contributed by atoms with Gasteiger partial charge in [-0.2, -0.15) is 0 Å². The average molecular weight is 647 g/mol. The number of benzene rings is 6. The van der Waals surface area contributed by atoms with Crippen LogP contribution in [-0.4, -0.2) is 33.5 Å². The number of hydrogen-bond donors (Lipinski definition) is 0. The van der Waals surface area contributed by atoms with Crippen LogP contribution in [0, 0.1) is 0 Å². The van der Waals surface area contributed by atoms with Gasteiger partial charge in [0.1, 0.15) is 17.1 Å². The molecule has 49 heavy (non-hydrogen) atoms. The maximum absolute atomic E-state index is 6.88. The summed E-state index contributed by atoms with van der Waals surface area (Å²) in [7, 11) is 1.68. The Labute approximate surface area is 289 Å². The summed E-state index contributed by atoms with van der Waals surface area (Å²) in [6.07, 6.45) is 0. The van der Waals surface area contributed by atoms with E-state index in [4.69, 9.17) is 18.9 Å². The minimum Gasteiger partial charge on any atom is -0.457 e. The summed E-state index contributed by atoms with van der Waals surface area (Å²) >= 11 is 0. The third-order valence-electron chi connectivity index (χ3n) is 10.0. The lowest BCUT2D eigenvalue weighted by Crippen LogP contribution is -2.32. The van der Waals surface area contributed by atoms with Crippen LogP contribution in [0.5, 0.6) is 11.5 Å². The molecule has 0 saturated heterocycles. The molecule has 8 rings (SSSR count). The zero-order valence-corrected chi connectivity index (χ0v) is 27.3. The molecule has 2 aliphatic carbocycles. The van der Waals surface area contributed by atoms with E-state index in [1.165, 1.54) is 38.9 Å². The van der Waals surface area contributed by atoms with Crippen molar-refractivity contribution in [1.82, 2.24) is 0 Å². The van der Waals surface area contributed by atoms with Crippen LogP contribution in [0.25, 0.3) is 22.3 Å². The smallest absolute Gasteiger partial charge is 0.145 e. The third kappa shape index (κ3) is 5.37. The van der Waals surface area contributed by atoms with Crippen molar-refractivity contribution in [3.8, 4) is 33.8 Å². The van der Waals surface area contributed by atoms with Crippen molar-refractivity contribution >= 4 is 0 Å². The Balaban J connectivity index is 0.00000378. The van der Waals surface area contributed by atoms with Gasteiger partial charge in [0.15, 0.2) is 0 Å². The fourth-order valence-electron chi connectivity index (χ4n) is 7.76. The molecule has 0 N–H and O–H groups in total. The Bertz CT molecular complexity index is 1970. The topological polar surface area (TPSA) is 36.9 Å². The molecule has 246 valence electrons. The van der Waals surface area contributed by atoms with Gasteiger partial charge >= 0.3 is 0 Å². The minimum absolute atomic E-state index is 0. The second-order valence-electron chi connectivity index (χ2n) is 12.6. The van der Waals surface area contributed by atoms with Gasteiger partial charge in [0.05, 0.1) is 26.4 Å². The maximum Gasteiger partial charge on any atom is 0.145 e. The fraction of sp³-hybridized carbons (Fsp3) is 0.200. The van der Waals surface area contributed by atoms with Crippen LogP contribution in [0.3, 0.4) is 0 Å².